The normalized spacial score (nSPS) is 7.90. The van der Waals surface area contributed by atoms with E-state index in [9.17, 15) is 9.59 Å². The third kappa shape index (κ3) is 15.3. The third-order valence-corrected chi connectivity index (χ3v) is 1.84. The van der Waals surface area contributed by atoms with Crippen molar-refractivity contribution in [3.05, 3.63) is 67.3 Å². The molecule has 0 spiro atoms. The van der Waals surface area contributed by atoms with Crippen LogP contribution in [0.1, 0.15) is 12.5 Å². The van der Waals surface area contributed by atoms with Crippen LogP contribution < -0.4 is 5.32 Å². The first-order chi connectivity index (χ1) is 9.88. The number of aliphatic carboxylic acids is 1. The van der Waals surface area contributed by atoms with Crippen LogP contribution in [0.5, 0.6) is 0 Å². The zero-order valence-corrected chi connectivity index (χ0v) is 12.1. The molecule has 21 heavy (non-hydrogen) atoms. The van der Waals surface area contributed by atoms with Crippen molar-refractivity contribution in [2.24, 2.45) is 0 Å². The van der Waals surface area contributed by atoms with Crippen LogP contribution in [-0.2, 0) is 9.59 Å². The Hall–Kier alpha value is -2.66. The second-order valence-corrected chi connectivity index (χ2v) is 3.60. The van der Waals surface area contributed by atoms with Gasteiger partial charge >= 0.3 is 5.97 Å². The maximum absolute atomic E-state index is 10.0. The van der Waals surface area contributed by atoms with E-state index in [-0.39, 0.29) is 18.2 Å². The lowest BCUT2D eigenvalue weighted by Gasteiger charge is -1.89. The summed E-state index contributed by atoms with van der Waals surface area (Å²) >= 11 is 0. The van der Waals surface area contributed by atoms with Crippen LogP contribution in [0.2, 0.25) is 0 Å². The SMILES string of the molecule is C=C(C)C(=O)O.C=CC(=O)NCO.C=Cc1ccccc1. The highest BCUT2D eigenvalue weighted by molar-refractivity contribution is 5.86. The van der Waals surface area contributed by atoms with Gasteiger partial charge in [-0.15, -0.1) is 0 Å². The van der Waals surface area contributed by atoms with Gasteiger partial charge in [0.1, 0.15) is 6.73 Å². The standard InChI is InChI=1S/C8H8.C4H7NO2.C4H6O2/c1-2-8-6-4-3-5-7-8;1-2-4(7)5-3-6;1-3(2)4(5)6/h2-7H,1H2;2,6H,1,3H2,(H,5,7);1H2,2H3,(H,5,6). The summed E-state index contributed by atoms with van der Waals surface area (Å²) in [5, 5.41) is 18.0. The van der Waals surface area contributed by atoms with Gasteiger partial charge in [0.25, 0.3) is 0 Å². The summed E-state index contributed by atoms with van der Waals surface area (Å²) in [6, 6.07) is 10.0. The molecule has 1 aromatic carbocycles. The van der Waals surface area contributed by atoms with E-state index in [4.69, 9.17) is 10.2 Å². The molecule has 0 saturated heterocycles. The molecule has 1 amide bonds. The molecule has 1 rings (SSSR count). The topological polar surface area (TPSA) is 86.6 Å². The van der Waals surface area contributed by atoms with E-state index in [0.29, 0.717) is 0 Å². The van der Waals surface area contributed by atoms with Crippen molar-refractivity contribution < 1.29 is 19.8 Å². The van der Waals surface area contributed by atoms with Gasteiger partial charge in [0.2, 0.25) is 5.91 Å². The molecule has 1 aromatic rings. The molecule has 0 aromatic heterocycles. The molecule has 0 aliphatic heterocycles. The number of amides is 1. The van der Waals surface area contributed by atoms with Crippen molar-refractivity contribution in [3.8, 4) is 0 Å². The predicted molar refractivity (Wildman–Crippen MR) is 84.4 cm³/mol. The van der Waals surface area contributed by atoms with Crippen molar-refractivity contribution >= 4 is 18.0 Å². The number of carbonyl (C=O) groups excluding carboxylic acids is 1. The Morgan fingerprint density at radius 2 is 1.71 bits per heavy atom. The Kier molecular flexibility index (Phi) is 13.5. The average Bonchev–Trinajstić information content (AvgIpc) is 2.49. The second-order valence-electron chi connectivity index (χ2n) is 3.60. The average molecular weight is 291 g/mol. The number of carbonyl (C=O) groups is 2. The molecule has 0 heterocycles. The zero-order chi connectivity index (χ0) is 16.7. The molecular formula is C16H21NO4. The monoisotopic (exact) mass is 291 g/mol. The van der Waals surface area contributed by atoms with Gasteiger partial charge in [-0.05, 0) is 18.6 Å². The summed E-state index contributed by atoms with van der Waals surface area (Å²) < 4.78 is 0. The van der Waals surface area contributed by atoms with Crippen molar-refractivity contribution in [2.75, 3.05) is 6.73 Å². The Labute approximate surface area is 124 Å². The van der Waals surface area contributed by atoms with E-state index in [1.165, 1.54) is 12.5 Å². The first-order valence-corrected chi connectivity index (χ1v) is 5.96. The minimum Gasteiger partial charge on any atom is -0.478 e. The molecule has 0 bridgehead atoms. The number of aliphatic hydroxyl groups excluding tert-OH is 1. The van der Waals surface area contributed by atoms with E-state index < -0.39 is 5.97 Å². The number of hydrogen-bond donors (Lipinski definition) is 3. The quantitative estimate of drug-likeness (QED) is 0.586. The summed E-state index contributed by atoms with van der Waals surface area (Å²) in [5.41, 5.74) is 1.35. The highest BCUT2D eigenvalue weighted by atomic mass is 16.4. The van der Waals surface area contributed by atoms with E-state index >= 15 is 0 Å². The Bertz CT molecular complexity index is 454. The Balaban J connectivity index is 0. The fourth-order valence-corrected chi connectivity index (χ4v) is 0.739. The number of carboxylic acid groups (broad SMARTS) is 1. The summed E-state index contributed by atoms with van der Waals surface area (Å²) in [7, 11) is 0. The van der Waals surface area contributed by atoms with Crippen molar-refractivity contribution in [3.63, 3.8) is 0 Å². The number of nitrogens with one attached hydrogen (secondary N) is 1. The van der Waals surface area contributed by atoms with Crippen molar-refractivity contribution in [1.82, 2.24) is 5.32 Å². The largest absolute Gasteiger partial charge is 0.478 e. The molecule has 5 nitrogen and oxygen atoms in total. The molecule has 0 aliphatic rings. The van der Waals surface area contributed by atoms with Gasteiger partial charge < -0.3 is 15.5 Å². The minimum atomic E-state index is -0.935. The molecule has 0 unspecified atom stereocenters. The molecule has 3 N–H and O–H groups in total. The van der Waals surface area contributed by atoms with Gasteiger partial charge in [-0.1, -0.05) is 56.1 Å². The molecule has 5 heteroatoms. The van der Waals surface area contributed by atoms with Crippen LogP contribution in [0.15, 0.2) is 61.7 Å². The molecule has 0 atom stereocenters. The van der Waals surface area contributed by atoms with E-state index in [2.05, 4.69) is 25.1 Å². The number of hydrogen-bond acceptors (Lipinski definition) is 3. The lowest BCUT2D eigenvalue weighted by Crippen LogP contribution is -2.20. The lowest BCUT2D eigenvalue weighted by atomic mass is 10.2. The van der Waals surface area contributed by atoms with Gasteiger partial charge in [-0.3, -0.25) is 4.79 Å². The fourth-order valence-electron chi connectivity index (χ4n) is 0.739. The number of carboxylic acids is 1. The van der Waals surface area contributed by atoms with Crippen LogP contribution in [0, 0.1) is 0 Å². The van der Waals surface area contributed by atoms with Crippen molar-refractivity contribution in [2.45, 2.75) is 6.92 Å². The third-order valence-electron chi connectivity index (χ3n) is 1.84. The summed E-state index contributed by atoms with van der Waals surface area (Å²) in [6.45, 7) is 11.1. The van der Waals surface area contributed by atoms with Crippen LogP contribution in [0.3, 0.4) is 0 Å². The highest BCUT2D eigenvalue weighted by Gasteiger charge is 1.90. The molecule has 0 fully saturated rings. The van der Waals surface area contributed by atoms with Gasteiger partial charge in [0.05, 0.1) is 0 Å². The summed E-state index contributed by atoms with van der Waals surface area (Å²) in [4.78, 5) is 19.6. The van der Waals surface area contributed by atoms with Gasteiger partial charge in [0.15, 0.2) is 0 Å². The Morgan fingerprint density at radius 3 is 1.90 bits per heavy atom. The van der Waals surface area contributed by atoms with Crippen LogP contribution in [0.25, 0.3) is 6.08 Å². The highest BCUT2D eigenvalue weighted by Crippen LogP contribution is 1.97. The van der Waals surface area contributed by atoms with Gasteiger partial charge in [-0.25, -0.2) is 4.79 Å². The summed E-state index contributed by atoms with van der Waals surface area (Å²) in [5.74, 6) is -1.29. The van der Waals surface area contributed by atoms with E-state index in [0.717, 1.165) is 6.08 Å². The predicted octanol–water partition coefficient (Wildman–Crippen LogP) is 2.22. The second kappa shape index (κ2) is 13.8. The molecule has 0 aliphatic carbocycles. The molecule has 114 valence electrons. The first kappa shape index (κ1) is 20.7. The van der Waals surface area contributed by atoms with E-state index in [1.54, 1.807) is 0 Å². The minimum absolute atomic E-state index is 0.176. The maximum Gasteiger partial charge on any atom is 0.330 e. The number of benzene rings is 1. The molecule has 0 radical (unpaired) electrons. The smallest absolute Gasteiger partial charge is 0.330 e. The van der Waals surface area contributed by atoms with Crippen molar-refractivity contribution in [1.29, 1.82) is 0 Å². The molecular weight excluding hydrogens is 270 g/mol. The Morgan fingerprint density at radius 1 is 1.24 bits per heavy atom. The van der Waals surface area contributed by atoms with Crippen LogP contribution in [0.4, 0.5) is 0 Å². The van der Waals surface area contributed by atoms with Crippen LogP contribution in [-0.4, -0.2) is 28.8 Å². The summed E-state index contributed by atoms with van der Waals surface area (Å²) in [6.07, 6.45) is 2.93. The zero-order valence-electron chi connectivity index (χ0n) is 12.1. The first-order valence-electron chi connectivity index (χ1n) is 5.96. The van der Waals surface area contributed by atoms with Crippen LogP contribution >= 0.6 is 0 Å². The lowest BCUT2D eigenvalue weighted by molar-refractivity contribution is -0.132. The maximum atomic E-state index is 10.0. The molecule has 0 saturated carbocycles. The fraction of sp³-hybridized carbons (Fsp3) is 0.125. The van der Waals surface area contributed by atoms with Gasteiger partial charge in [0, 0.05) is 5.57 Å². The van der Waals surface area contributed by atoms with Gasteiger partial charge in [-0.2, -0.15) is 0 Å². The number of rotatable bonds is 4. The number of aliphatic hydroxyl groups is 1. The van der Waals surface area contributed by atoms with E-state index in [1.807, 2.05) is 36.4 Å².